The van der Waals surface area contributed by atoms with E-state index in [1.165, 1.54) is 0 Å². The fraction of sp³-hybridized carbons (Fsp3) is 0.533. The van der Waals surface area contributed by atoms with Crippen LogP contribution in [-0.4, -0.2) is 24.8 Å². The second-order valence-electron chi connectivity index (χ2n) is 5.69. The average Bonchev–Trinajstić information content (AvgIpc) is 2.35. The molecule has 0 aliphatic rings. The first-order valence-corrected chi connectivity index (χ1v) is 7.69. The molecule has 0 unspecified atom stereocenters. The number of amides is 1. The maximum Gasteiger partial charge on any atom is 0.407 e. The Kier molecular flexibility index (Phi) is 7.12. The SMILES string of the molecule is CC(C)(C)OC(=O)NCCCCNc1ccc(Cl)c(Cl)c1. The van der Waals surface area contributed by atoms with Gasteiger partial charge in [0.1, 0.15) is 5.60 Å². The van der Waals surface area contributed by atoms with Crippen LogP contribution in [-0.2, 0) is 4.74 Å². The van der Waals surface area contributed by atoms with Crippen molar-refractivity contribution < 1.29 is 9.53 Å². The number of alkyl carbamates (subject to hydrolysis) is 1. The zero-order valence-corrected chi connectivity index (χ0v) is 14.1. The number of unbranched alkanes of at least 4 members (excludes halogenated alkanes) is 1. The van der Waals surface area contributed by atoms with Gasteiger partial charge in [0, 0.05) is 18.8 Å². The van der Waals surface area contributed by atoms with Gasteiger partial charge in [-0.05, 0) is 51.8 Å². The number of carbonyl (C=O) groups excluding carboxylic acids is 1. The molecule has 118 valence electrons. The van der Waals surface area contributed by atoms with Crippen LogP contribution in [0.3, 0.4) is 0 Å². The Bertz CT molecular complexity index is 473. The Morgan fingerprint density at radius 3 is 2.43 bits per heavy atom. The van der Waals surface area contributed by atoms with E-state index in [0.29, 0.717) is 16.6 Å². The van der Waals surface area contributed by atoms with E-state index < -0.39 is 5.60 Å². The van der Waals surface area contributed by atoms with Crippen LogP contribution in [0.25, 0.3) is 0 Å². The summed E-state index contributed by atoms with van der Waals surface area (Å²) in [5.74, 6) is 0. The zero-order chi connectivity index (χ0) is 15.9. The molecule has 2 N–H and O–H groups in total. The summed E-state index contributed by atoms with van der Waals surface area (Å²) in [6.07, 6.45) is 1.42. The first-order chi connectivity index (χ1) is 9.78. The van der Waals surface area contributed by atoms with E-state index in [2.05, 4.69) is 10.6 Å². The van der Waals surface area contributed by atoms with E-state index in [-0.39, 0.29) is 6.09 Å². The molecule has 0 aliphatic heterocycles. The minimum absolute atomic E-state index is 0.375. The van der Waals surface area contributed by atoms with Crippen LogP contribution in [0.4, 0.5) is 10.5 Å². The summed E-state index contributed by atoms with van der Waals surface area (Å²) in [5.41, 5.74) is 0.476. The molecule has 6 heteroatoms. The number of nitrogens with one attached hydrogen (secondary N) is 2. The Morgan fingerprint density at radius 2 is 1.81 bits per heavy atom. The number of rotatable bonds is 6. The molecule has 0 fully saturated rings. The van der Waals surface area contributed by atoms with Crippen LogP contribution >= 0.6 is 23.2 Å². The van der Waals surface area contributed by atoms with Gasteiger partial charge in [0.2, 0.25) is 0 Å². The van der Waals surface area contributed by atoms with E-state index in [0.717, 1.165) is 25.1 Å². The van der Waals surface area contributed by atoms with Crippen molar-refractivity contribution in [1.82, 2.24) is 5.32 Å². The van der Waals surface area contributed by atoms with Gasteiger partial charge < -0.3 is 15.4 Å². The van der Waals surface area contributed by atoms with E-state index in [4.69, 9.17) is 27.9 Å². The predicted molar refractivity (Wildman–Crippen MR) is 88.4 cm³/mol. The van der Waals surface area contributed by atoms with Crippen molar-refractivity contribution in [2.75, 3.05) is 18.4 Å². The fourth-order valence-electron chi connectivity index (χ4n) is 1.59. The quantitative estimate of drug-likeness (QED) is 0.741. The third-order valence-corrected chi connectivity index (χ3v) is 3.26. The van der Waals surface area contributed by atoms with Crippen molar-refractivity contribution in [3.63, 3.8) is 0 Å². The molecule has 0 aromatic heterocycles. The minimum atomic E-state index is -0.459. The molecule has 1 aromatic carbocycles. The lowest BCUT2D eigenvalue weighted by molar-refractivity contribution is 0.0527. The van der Waals surface area contributed by atoms with Crippen LogP contribution < -0.4 is 10.6 Å². The van der Waals surface area contributed by atoms with Gasteiger partial charge in [0.05, 0.1) is 10.0 Å². The highest BCUT2D eigenvalue weighted by molar-refractivity contribution is 6.42. The highest BCUT2D eigenvalue weighted by Gasteiger charge is 2.15. The number of hydrogen-bond donors (Lipinski definition) is 2. The molecule has 1 rings (SSSR count). The number of halogens is 2. The van der Waals surface area contributed by atoms with Crippen molar-refractivity contribution >= 4 is 35.0 Å². The summed E-state index contributed by atoms with van der Waals surface area (Å²) in [6, 6.07) is 5.44. The first-order valence-electron chi connectivity index (χ1n) is 6.94. The van der Waals surface area contributed by atoms with Gasteiger partial charge in [-0.15, -0.1) is 0 Å². The Morgan fingerprint density at radius 1 is 1.14 bits per heavy atom. The summed E-state index contributed by atoms with van der Waals surface area (Å²) in [5, 5.41) is 7.06. The van der Waals surface area contributed by atoms with E-state index in [9.17, 15) is 4.79 Å². The maximum absolute atomic E-state index is 11.4. The van der Waals surface area contributed by atoms with E-state index >= 15 is 0 Å². The van der Waals surface area contributed by atoms with Gasteiger partial charge in [0.25, 0.3) is 0 Å². The highest BCUT2D eigenvalue weighted by Crippen LogP contribution is 2.24. The zero-order valence-electron chi connectivity index (χ0n) is 12.6. The Balaban J connectivity index is 2.12. The van der Waals surface area contributed by atoms with Gasteiger partial charge in [0.15, 0.2) is 0 Å². The topological polar surface area (TPSA) is 50.4 Å². The second kappa shape index (κ2) is 8.35. The Labute approximate surface area is 136 Å². The minimum Gasteiger partial charge on any atom is -0.444 e. The lowest BCUT2D eigenvalue weighted by Gasteiger charge is -2.19. The molecule has 21 heavy (non-hydrogen) atoms. The largest absolute Gasteiger partial charge is 0.444 e. The number of carbonyl (C=O) groups is 1. The van der Waals surface area contributed by atoms with Crippen LogP contribution in [0.15, 0.2) is 18.2 Å². The number of anilines is 1. The lowest BCUT2D eigenvalue weighted by Crippen LogP contribution is -2.33. The highest BCUT2D eigenvalue weighted by atomic mass is 35.5. The predicted octanol–water partition coefficient (Wildman–Crippen LogP) is 4.71. The number of benzene rings is 1. The van der Waals surface area contributed by atoms with Crippen LogP contribution in [0, 0.1) is 0 Å². The van der Waals surface area contributed by atoms with Gasteiger partial charge in [-0.1, -0.05) is 23.2 Å². The van der Waals surface area contributed by atoms with Crippen LogP contribution in [0.2, 0.25) is 10.0 Å². The van der Waals surface area contributed by atoms with Crippen molar-refractivity contribution in [2.45, 2.75) is 39.2 Å². The summed E-state index contributed by atoms with van der Waals surface area (Å²) < 4.78 is 5.15. The van der Waals surface area contributed by atoms with E-state index in [1.807, 2.05) is 26.8 Å². The smallest absolute Gasteiger partial charge is 0.407 e. The fourth-order valence-corrected chi connectivity index (χ4v) is 1.89. The van der Waals surface area contributed by atoms with E-state index in [1.54, 1.807) is 12.1 Å². The third kappa shape index (κ3) is 8.02. The molecule has 0 radical (unpaired) electrons. The molecule has 0 saturated carbocycles. The molecule has 0 heterocycles. The molecular weight excluding hydrogens is 311 g/mol. The standard InChI is InChI=1S/C15H22Cl2N2O2/c1-15(2,3)21-14(20)19-9-5-4-8-18-11-6-7-12(16)13(17)10-11/h6-7,10,18H,4-5,8-9H2,1-3H3,(H,19,20). The molecule has 0 saturated heterocycles. The van der Waals surface area contributed by atoms with Gasteiger partial charge >= 0.3 is 6.09 Å². The van der Waals surface area contributed by atoms with Gasteiger partial charge in [-0.3, -0.25) is 0 Å². The first kappa shape index (κ1) is 17.9. The molecule has 1 amide bonds. The van der Waals surface area contributed by atoms with Crippen LogP contribution in [0.1, 0.15) is 33.6 Å². The monoisotopic (exact) mass is 332 g/mol. The summed E-state index contributed by atoms with van der Waals surface area (Å²) in [7, 11) is 0. The van der Waals surface area contributed by atoms with Crippen LogP contribution in [0.5, 0.6) is 0 Å². The molecule has 0 spiro atoms. The molecule has 0 bridgehead atoms. The van der Waals surface area contributed by atoms with Gasteiger partial charge in [-0.25, -0.2) is 4.79 Å². The number of hydrogen-bond acceptors (Lipinski definition) is 3. The third-order valence-electron chi connectivity index (χ3n) is 2.52. The summed E-state index contributed by atoms with van der Waals surface area (Å²) in [6.45, 7) is 6.92. The Hall–Kier alpha value is -1.13. The van der Waals surface area contributed by atoms with Crippen molar-refractivity contribution in [2.24, 2.45) is 0 Å². The van der Waals surface area contributed by atoms with Crippen molar-refractivity contribution in [1.29, 1.82) is 0 Å². The van der Waals surface area contributed by atoms with Gasteiger partial charge in [-0.2, -0.15) is 0 Å². The summed E-state index contributed by atoms with van der Waals surface area (Å²) >= 11 is 11.8. The number of ether oxygens (including phenoxy) is 1. The molecule has 0 aliphatic carbocycles. The summed E-state index contributed by atoms with van der Waals surface area (Å²) in [4.78, 5) is 11.4. The molecule has 1 aromatic rings. The normalized spacial score (nSPS) is 11.1. The second-order valence-corrected chi connectivity index (χ2v) is 6.51. The lowest BCUT2D eigenvalue weighted by atomic mass is 10.2. The average molecular weight is 333 g/mol. The molecular formula is C15H22Cl2N2O2. The maximum atomic E-state index is 11.4. The molecule has 4 nitrogen and oxygen atoms in total. The molecule has 0 atom stereocenters. The van der Waals surface area contributed by atoms with Crippen molar-refractivity contribution in [3.05, 3.63) is 28.2 Å². The van der Waals surface area contributed by atoms with Crippen molar-refractivity contribution in [3.8, 4) is 0 Å².